The number of aryl methyl sites for hydroxylation is 1. The predicted molar refractivity (Wildman–Crippen MR) is 63.8 cm³/mol. The fraction of sp³-hybridized carbons (Fsp3) is 0.462. The Morgan fingerprint density at radius 1 is 1.44 bits per heavy atom. The molecule has 2 atom stereocenters. The van der Waals surface area contributed by atoms with Gasteiger partial charge in [0.25, 0.3) is 0 Å². The first-order valence-corrected chi connectivity index (χ1v) is 5.47. The van der Waals surface area contributed by atoms with E-state index in [-0.39, 0.29) is 17.9 Å². The molecule has 0 saturated heterocycles. The molecular weight excluding hydrogens is 202 g/mol. The fourth-order valence-electron chi connectivity index (χ4n) is 2.38. The number of anilines is 1. The molecule has 0 spiro atoms. The Hall–Kier alpha value is -1.51. The standard InChI is InChI=1S/C13H17NO2/c1-8-5-6-10-11(7-8)14(3)9(2)12(10)13(15)16-4/h5-7,9,12H,1-4H3/t9-,12-/m0/s1. The van der Waals surface area contributed by atoms with Crippen LogP contribution >= 0.6 is 0 Å². The van der Waals surface area contributed by atoms with Gasteiger partial charge < -0.3 is 9.64 Å². The first-order chi connectivity index (χ1) is 7.56. The van der Waals surface area contributed by atoms with Crippen molar-refractivity contribution < 1.29 is 9.53 Å². The normalized spacial score (nSPS) is 23.1. The number of carbonyl (C=O) groups is 1. The van der Waals surface area contributed by atoms with E-state index in [9.17, 15) is 4.79 Å². The number of rotatable bonds is 1. The summed E-state index contributed by atoms with van der Waals surface area (Å²) in [5, 5.41) is 0. The minimum Gasteiger partial charge on any atom is -0.468 e. The number of methoxy groups -OCH3 is 1. The van der Waals surface area contributed by atoms with Gasteiger partial charge in [-0.25, -0.2) is 0 Å². The van der Waals surface area contributed by atoms with E-state index < -0.39 is 0 Å². The van der Waals surface area contributed by atoms with Crippen molar-refractivity contribution in [3.63, 3.8) is 0 Å². The number of esters is 1. The number of fused-ring (bicyclic) bond motifs is 1. The first kappa shape index (κ1) is 11.0. The maximum atomic E-state index is 11.8. The highest BCUT2D eigenvalue weighted by molar-refractivity contribution is 5.85. The van der Waals surface area contributed by atoms with Crippen molar-refractivity contribution in [3.05, 3.63) is 29.3 Å². The molecular formula is C13H17NO2. The van der Waals surface area contributed by atoms with Gasteiger partial charge in [-0.2, -0.15) is 0 Å². The van der Waals surface area contributed by atoms with Gasteiger partial charge in [-0.3, -0.25) is 4.79 Å². The lowest BCUT2D eigenvalue weighted by Gasteiger charge is -2.21. The number of carbonyl (C=O) groups excluding carboxylic acids is 1. The van der Waals surface area contributed by atoms with Gasteiger partial charge >= 0.3 is 5.97 Å². The van der Waals surface area contributed by atoms with E-state index in [2.05, 4.69) is 24.8 Å². The Kier molecular flexibility index (Phi) is 2.62. The van der Waals surface area contributed by atoms with Gasteiger partial charge in [0.05, 0.1) is 7.11 Å². The maximum absolute atomic E-state index is 11.8. The van der Waals surface area contributed by atoms with Gasteiger partial charge in [-0.1, -0.05) is 12.1 Å². The molecule has 0 aromatic heterocycles. The van der Waals surface area contributed by atoms with E-state index >= 15 is 0 Å². The number of nitrogens with zero attached hydrogens (tertiary/aromatic N) is 1. The molecule has 1 aromatic carbocycles. The number of benzene rings is 1. The fourth-order valence-corrected chi connectivity index (χ4v) is 2.38. The molecule has 0 amide bonds. The third kappa shape index (κ3) is 1.47. The lowest BCUT2D eigenvalue weighted by Crippen LogP contribution is -2.31. The molecule has 16 heavy (non-hydrogen) atoms. The van der Waals surface area contributed by atoms with E-state index in [1.165, 1.54) is 12.7 Å². The van der Waals surface area contributed by atoms with Gasteiger partial charge in [0.2, 0.25) is 0 Å². The van der Waals surface area contributed by atoms with E-state index in [0.29, 0.717) is 0 Å². The zero-order valence-corrected chi connectivity index (χ0v) is 10.2. The molecule has 0 bridgehead atoms. The van der Waals surface area contributed by atoms with Crippen LogP contribution in [0.4, 0.5) is 5.69 Å². The first-order valence-electron chi connectivity index (χ1n) is 5.47. The summed E-state index contributed by atoms with van der Waals surface area (Å²) in [5.41, 5.74) is 3.43. The summed E-state index contributed by atoms with van der Waals surface area (Å²) in [4.78, 5) is 13.9. The second-order valence-electron chi connectivity index (χ2n) is 4.41. The second-order valence-corrected chi connectivity index (χ2v) is 4.41. The van der Waals surface area contributed by atoms with Gasteiger partial charge in [-0.05, 0) is 31.0 Å². The number of hydrogen-bond donors (Lipinski definition) is 0. The van der Waals surface area contributed by atoms with Crippen LogP contribution in [0.1, 0.15) is 24.0 Å². The van der Waals surface area contributed by atoms with Crippen LogP contribution in [0.2, 0.25) is 0 Å². The number of ether oxygens (including phenoxy) is 1. The third-order valence-corrected chi connectivity index (χ3v) is 3.45. The van der Waals surface area contributed by atoms with Crippen LogP contribution in [0.25, 0.3) is 0 Å². The average molecular weight is 219 g/mol. The molecule has 0 N–H and O–H groups in total. The average Bonchev–Trinajstić information content (AvgIpc) is 2.52. The highest BCUT2D eigenvalue weighted by Gasteiger charge is 2.38. The van der Waals surface area contributed by atoms with Gasteiger partial charge in [0, 0.05) is 18.8 Å². The largest absolute Gasteiger partial charge is 0.468 e. The second kappa shape index (κ2) is 3.81. The minimum absolute atomic E-state index is 0.151. The summed E-state index contributed by atoms with van der Waals surface area (Å²) in [7, 11) is 3.47. The number of likely N-dealkylation sites (N-methyl/N-ethyl adjacent to an activating group) is 1. The molecule has 0 fully saturated rings. The summed E-state index contributed by atoms with van der Waals surface area (Å²) >= 11 is 0. The zero-order chi connectivity index (χ0) is 11.9. The smallest absolute Gasteiger partial charge is 0.315 e. The van der Waals surface area contributed by atoms with Crippen molar-refractivity contribution in [1.29, 1.82) is 0 Å². The summed E-state index contributed by atoms with van der Waals surface area (Å²) in [6, 6.07) is 6.35. The molecule has 3 nitrogen and oxygen atoms in total. The lowest BCUT2D eigenvalue weighted by atomic mass is 9.95. The predicted octanol–water partition coefficient (Wildman–Crippen LogP) is 2.09. The van der Waals surface area contributed by atoms with E-state index in [1.807, 2.05) is 19.2 Å². The van der Waals surface area contributed by atoms with Crippen molar-refractivity contribution in [2.75, 3.05) is 19.1 Å². The van der Waals surface area contributed by atoms with Gasteiger partial charge in [-0.15, -0.1) is 0 Å². The highest BCUT2D eigenvalue weighted by atomic mass is 16.5. The van der Waals surface area contributed by atoms with E-state index in [0.717, 1.165) is 11.3 Å². The molecule has 1 aromatic rings. The van der Waals surface area contributed by atoms with E-state index in [4.69, 9.17) is 4.74 Å². The Balaban J connectivity index is 2.49. The summed E-state index contributed by atoms with van der Waals surface area (Å²) in [5.74, 6) is -0.312. The van der Waals surface area contributed by atoms with Crippen molar-refractivity contribution in [1.82, 2.24) is 0 Å². The topological polar surface area (TPSA) is 29.5 Å². The van der Waals surface area contributed by atoms with Crippen LogP contribution in [-0.2, 0) is 9.53 Å². The Morgan fingerprint density at radius 3 is 2.75 bits per heavy atom. The molecule has 1 heterocycles. The Labute approximate surface area is 96.0 Å². The van der Waals surface area contributed by atoms with Crippen LogP contribution in [-0.4, -0.2) is 26.2 Å². The molecule has 2 rings (SSSR count). The van der Waals surface area contributed by atoms with Gasteiger partial charge in [0.15, 0.2) is 0 Å². The number of hydrogen-bond acceptors (Lipinski definition) is 3. The molecule has 0 unspecified atom stereocenters. The van der Waals surface area contributed by atoms with Crippen LogP contribution in [0, 0.1) is 6.92 Å². The van der Waals surface area contributed by atoms with Crippen LogP contribution in [0.5, 0.6) is 0 Å². The lowest BCUT2D eigenvalue weighted by molar-refractivity contribution is -0.142. The highest BCUT2D eigenvalue weighted by Crippen LogP contribution is 2.40. The van der Waals surface area contributed by atoms with E-state index in [1.54, 1.807) is 0 Å². The third-order valence-electron chi connectivity index (χ3n) is 3.45. The van der Waals surface area contributed by atoms with Crippen LogP contribution in [0.3, 0.4) is 0 Å². The minimum atomic E-state index is -0.161. The van der Waals surface area contributed by atoms with Crippen molar-refractivity contribution in [2.24, 2.45) is 0 Å². The molecule has 1 aliphatic heterocycles. The van der Waals surface area contributed by atoms with Gasteiger partial charge in [0.1, 0.15) is 5.92 Å². The summed E-state index contributed by atoms with van der Waals surface area (Å²) in [6.45, 7) is 4.11. The van der Waals surface area contributed by atoms with Crippen LogP contribution < -0.4 is 4.90 Å². The molecule has 3 heteroatoms. The van der Waals surface area contributed by atoms with Crippen molar-refractivity contribution >= 4 is 11.7 Å². The molecule has 0 radical (unpaired) electrons. The Morgan fingerprint density at radius 2 is 2.12 bits per heavy atom. The SMILES string of the molecule is COC(=O)[C@@H]1c2ccc(C)cc2N(C)[C@H]1C. The molecule has 0 aliphatic carbocycles. The monoisotopic (exact) mass is 219 g/mol. The quantitative estimate of drug-likeness (QED) is 0.677. The van der Waals surface area contributed by atoms with Crippen LogP contribution in [0.15, 0.2) is 18.2 Å². The summed E-state index contributed by atoms with van der Waals surface area (Å²) < 4.78 is 4.87. The molecule has 86 valence electrons. The molecule has 0 saturated carbocycles. The molecule has 1 aliphatic rings. The summed E-state index contributed by atoms with van der Waals surface area (Å²) in [6.07, 6.45) is 0. The Bertz CT molecular complexity index is 428. The zero-order valence-electron chi connectivity index (χ0n) is 10.2. The van der Waals surface area contributed by atoms with Crippen molar-refractivity contribution in [2.45, 2.75) is 25.8 Å². The maximum Gasteiger partial charge on any atom is 0.315 e. The van der Waals surface area contributed by atoms with Crippen molar-refractivity contribution in [3.8, 4) is 0 Å².